The van der Waals surface area contributed by atoms with Crippen molar-refractivity contribution >= 4 is 24.0 Å². The lowest BCUT2D eigenvalue weighted by Crippen LogP contribution is -2.47. The van der Waals surface area contributed by atoms with E-state index in [1.54, 1.807) is 43.3 Å². The number of hydrogen-bond donors (Lipinski definition) is 2. The third kappa shape index (κ3) is 8.56. The topological polar surface area (TPSA) is 119 Å². The first-order valence-electron chi connectivity index (χ1n) is 12.9. The zero-order valence-electron chi connectivity index (χ0n) is 22.9. The SMILES string of the molecule is CCOC(=O)c1ccc(-c2ccc(/C=N\NC(=O)[C@H](CC(C)C)NC(=O)COc3c(C)cccc3C)o2)cc1. The number of carbonyl (C=O) groups excluding carboxylic acids is 3. The van der Waals surface area contributed by atoms with Crippen molar-refractivity contribution in [1.29, 1.82) is 0 Å². The Bertz CT molecular complexity index is 1290. The van der Waals surface area contributed by atoms with E-state index in [-0.39, 0.29) is 18.5 Å². The van der Waals surface area contributed by atoms with Crippen LogP contribution >= 0.6 is 0 Å². The van der Waals surface area contributed by atoms with Gasteiger partial charge in [-0.25, -0.2) is 10.2 Å². The lowest BCUT2D eigenvalue weighted by molar-refractivity contribution is -0.130. The second-order valence-corrected chi connectivity index (χ2v) is 9.49. The fourth-order valence-corrected chi connectivity index (χ4v) is 3.90. The Balaban J connectivity index is 1.56. The van der Waals surface area contributed by atoms with Gasteiger partial charge in [-0.3, -0.25) is 9.59 Å². The summed E-state index contributed by atoms with van der Waals surface area (Å²) in [6, 6.07) is 15.3. The van der Waals surface area contributed by atoms with Crippen LogP contribution in [0, 0.1) is 19.8 Å². The third-order valence-corrected chi connectivity index (χ3v) is 5.79. The van der Waals surface area contributed by atoms with Crippen LogP contribution in [0.1, 0.15) is 54.4 Å². The molecule has 2 N–H and O–H groups in total. The average molecular weight is 534 g/mol. The van der Waals surface area contributed by atoms with Gasteiger partial charge in [0.1, 0.15) is 23.3 Å². The van der Waals surface area contributed by atoms with E-state index in [2.05, 4.69) is 15.8 Å². The Morgan fingerprint density at radius 3 is 2.33 bits per heavy atom. The Kier molecular flexibility index (Phi) is 10.4. The number of esters is 1. The van der Waals surface area contributed by atoms with Crippen molar-refractivity contribution in [3.63, 3.8) is 0 Å². The van der Waals surface area contributed by atoms with Crippen molar-refractivity contribution < 1.29 is 28.3 Å². The molecule has 1 heterocycles. The molecule has 206 valence electrons. The van der Waals surface area contributed by atoms with Crippen molar-refractivity contribution in [2.45, 2.75) is 47.1 Å². The van der Waals surface area contributed by atoms with Crippen LogP contribution in [-0.4, -0.2) is 43.3 Å². The number of furan rings is 1. The number of amides is 2. The van der Waals surface area contributed by atoms with Gasteiger partial charge in [0.05, 0.1) is 18.4 Å². The third-order valence-electron chi connectivity index (χ3n) is 5.79. The lowest BCUT2D eigenvalue weighted by Gasteiger charge is -2.19. The summed E-state index contributed by atoms with van der Waals surface area (Å²) >= 11 is 0. The zero-order chi connectivity index (χ0) is 28.4. The van der Waals surface area contributed by atoms with E-state index in [9.17, 15) is 14.4 Å². The normalized spacial score (nSPS) is 11.8. The number of nitrogens with zero attached hydrogens (tertiary/aromatic N) is 1. The van der Waals surface area contributed by atoms with Crippen molar-refractivity contribution in [2.24, 2.45) is 11.0 Å². The maximum atomic E-state index is 12.8. The molecule has 0 unspecified atom stereocenters. The van der Waals surface area contributed by atoms with E-state index in [0.29, 0.717) is 35.9 Å². The molecular weight excluding hydrogens is 498 g/mol. The molecule has 1 atom stereocenters. The van der Waals surface area contributed by atoms with Gasteiger partial charge in [0.15, 0.2) is 6.61 Å². The van der Waals surface area contributed by atoms with Gasteiger partial charge in [0.2, 0.25) is 0 Å². The van der Waals surface area contributed by atoms with Crippen molar-refractivity contribution in [1.82, 2.24) is 10.7 Å². The van der Waals surface area contributed by atoms with E-state index in [1.807, 2.05) is 45.9 Å². The second-order valence-electron chi connectivity index (χ2n) is 9.49. The minimum absolute atomic E-state index is 0.160. The van der Waals surface area contributed by atoms with Gasteiger partial charge in [0.25, 0.3) is 11.8 Å². The standard InChI is InChI=1S/C30H35N3O6/c1-6-37-30(36)23-12-10-22(11-13-23)26-15-14-24(39-26)17-31-33-29(35)25(16-19(2)3)32-27(34)18-38-28-20(4)8-7-9-21(28)5/h7-15,17,19,25H,6,16,18H2,1-5H3,(H,32,34)(H,33,35)/b31-17-/t25-/m0/s1. The molecule has 1 aromatic heterocycles. The first kappa shape index (κ1) is 29.2. The molecule has 0 saturated carbocycles. The van der Waals surface area contributed by atoms with Gasteiger partial charge in [-0.1, -0.05) is 44.2 Å². The predicted octanol–water partition coefficient (Wildman–Crippen LogP) is 4.80. The number of aryl methyl sites for hydroxylation is 2. The van der Waals surface area contributed by atoms with Crippen LogP contribution in [-0.2, 0) is 14.3 Å². The van der Waals surface area contributed by atoms with Gasteiger partial charge in [0, 0.05) is 5.56 Å². The monoisotopic (exact) mass is 533 g/mol. The number of benzene rings is 2. The molecule has 0 fully saturated rings. The maximum absolute atomic E-state index is 12.8. The molecule has 0 saturated heterocycles. The summed E-state index contributed by atoms with van der Waals surface area (Å²) in [5.41, 5.74) is 5.57. The fraction of sp³-hybridized carbons (Fsp3) is 0.333. The number of para-hydroxylation sites is 1. The van der Waals surface area contributed by atoms with Gasteiger partial charge >= 0.3 is 5.97 Å². The first-order valence-corrected chi connectivity index (χ1v) is 12.9. The van der Waals surface area contributed by atoms with Gasteiger partial charge in [-0.05, 0) is 68.5 Å². The highest BCUT2D eigenvalue weighted by molar-refractivity contribution is 5.90. The van der Waals surface area contributed by atoms with Crippen LogP contribution < -0.4 is 15.5 Å². The molecular formula is C30H35N3O6. The summed E-state index contributed by atoms with van der Waals surface area (Å²) in [6.07, 6.45) is 1.82. The van der Waals surface area contributed by atoms with Crippen LogP contribution in [0.2, 0.25) is 0 Å². The van der Waals surface area contributed by atoms with E-state index in [1.165, 1.54) is 6.21 Å². The Morgan fingerprint density at radius 1 is 1.00 bits per heavy atom. The Hall–Kier alpha value is -4.40. The van der Waals surface area contributed by atoms with Crippen LogP contribution in [0.15, 0.2) is 64.1 Å². The number of hydrogen-bond acceptors (Lipinski definition) is 7. The summed E-state index contributed by atoms with van der Waals surface area (Å²) in [4.78, 5) is 37.2. The number of rotatable bonds is 12. The lowest BCUT2D eigenvalue weighted by atomic mass is 10.0. The van der Waals surface area contributed by atoms with Crippen molar-refractivity contribution in [2.75, 3.05) is 13.2 Å². The number of ether oxygens (including phenoxy) is 2. The molecule has 0 bridgehead atoms. The largest absolute Gasteiger partial charge is 0.483 e. The number of nitrogens with one attached hydrogen (secondary N) is 2. The molecule has 0 aliphatic carbocycles. The van der Waals surface area contributed by atoms with Gasteiger partial charge < -0.3 is 19.2 Å². The van der Waals surface area contributed by atoms with Crippen LogP contribution in [0.25, 0.3) is 11.3 Å². The molecule has 2 amide bonds. The highest BCUT2D eigenvalue weighted by Gasteiger charge is 2.22. The molecule has 0 aliphatic heterocycles. The van der Waals surface area contributed by atoms with Crippen LogP contribution in [0.3, 0.4) is 0 Å². The zero-order valence-corrected chi connectivity index (χ0v) is 22.9. The molecule has 39 heavy (non-hydrogen) atoms. The van der Waals surface area contributed by atoms with Crippen LogP contribution in [0.5, 0.6) is 5.75 Å². The number of carbonyl (C=O) groups is 3. The molecule has 9 heteroatoms. The summed E-state index contributed by atoms with van der Waals surface area (Å²) in [5, 5.41) is 6.74. The van der Waals surface area contributed by atoms with Gasteiger partial charge in [-0.15, -0.1) is 0 Å². The Labute approximate surface area is 228 Å². The highest BCUT2D eigenvalue weighted by Crippen LogP contribution is 2.23. The average Bonchev–Trinajstić information content (AvgIpc) is 3.37. The first-order chi connectivity index (χ1) is 18.7. The van der Waals surface area contributed by atoms with Crippen LogP contribution in [0.4, 0.5) is 0 Å². The summed E-state index contributed by atoms with van der Waals surface area (Å²) in [6.45, 7) is 9.62. The summed E-state index contributed by atoms with van der Waals surface area (Å²) in [7, 11) is 0. The minimum Gasteiger partial charge on any atom is -0.483 e. The highest BCUT2D eigenvalue weighted by atomic mass is 16.5. The fourth-order valence-electron chi connectivity index (χ4n) is 3.90. The molecule has 9 nitrogen and oxygen atoms in total. The molecule has 2 aromatic carbocycles. The quantitative estimate of drug-likeness (QED) is 0.196. The predicted molar refractivity (Wildman–Crippen MR) is 149 cm³/mol. The molecule has 0 aliphatic rings. The Morgan fingerprint density at radius 2 is 1.69 bits per heavy atom. The smallest absolute Gasteiger partial charge is 0.338 e. The van der Waals surface area contributed by atoms with E-state index in [0.717, 1.165) is 16.7 Å². The molecule has 0 radical (unpaired) electrons. The van der Waals surface area contributed by atoms with Crippen molar-refractivity contribution in [3.05, 3.63) is 77.0 Å². The molecule has 0 spiro atoms. The summed E-state index contributed by atoms with van der Waals surface area (Å²) in [5.74, 6) is 0.599. The second kappa shape index (κ2) is 13.9. The maximum Gasteiger partial charge on any atom is 0.338 e. The van der Waals surface area contributed by atoms with Gasteiger partial charge in [-0.2, -0.15) is 5.10 Å². The number of hydrazone groups is 1. The van der Waals surface area contributed by atoms with E-state index >= 15 is 0 Å². The minimum atomic E-state index is -0.777. The van der Waals surface area contributed by atoms with E-state index in [4.69, 9.17) is 13.9 Å². The molecule has 3 rings (SSSR count). The van der Waals surface area contributed by atoms with E-state index < -0.39 is 17.9 Å². The summed E-state index contributed by atoms with van der Waals surface area (Å²) < 4.78 is 16.5. The van der Waals surface area contributed by atoms with Crippen molar-refractivity contribution in [3.8, 4) is 17.1 Å². The molecule has 3 aromatic rings.